The van der Waals surface area contributed by atoms with E-state index in [2.05, 4.69) is 0 Å². The van der Waals surface area contributed by atoms with Gasteiger partial charge in [0.25, 0.3) is 0 Å². The first kappa shape index (κ1) is 6.02. The molecule has 0 unspecified atom stereocenters. The van der Waals surface area contributed by atoms with E-state index < -0.39 is 7.04 Å². The fourth-order valence-electron chi connectivity index (χ4n) is 0.951. The van der Waals surface area contributed by atoms with Crippen LogP contribution < -0.4 is 9.47 Å². The highest BCUT2D eigenvalue weighted by atomic mass is 16.5. The molecule has 0 saturated carbocycles. The van der Waals surface area contributed by atoms with E-state index in [-0.39, 0.29) is 11.5 Å². The van der Waals surface area contributed by atoms with E-state index >= 15 is 0 Å². The number of aldehydes is 1. The Morgan fingerprint density at radius 1 is 1.54 bits per heavy atom. The Bertz CT molecular complexity index is 374. The van der Waals surface area contributed by atoms with Crippen LogP contribution in [-0.2, 0) is 0 Å². The maximum absolute atomic E-state index is 10.6. The van der Waals surface area contributed by atoms with E-state index in [0.717, 1.165) is 0 Å². The van der Waals surface area contributed by atoms with E-state index in [1.165, 1.54) is 18.2 Å². The maximum Gasteiger partial charge on any atom is 0.161 e. The monoisotopic (exact) mass is 183 g/mol. The minimum absolute atomic E-state index is 0.104. The Morgan fingerprint density at radius 2 is 2.38 bits per heavy atom. The van der Waals surface area contributed by atoms with Gasteiger partial charge in [-0.1, -0.05) is 0 Å². The first-order chi connectivity index (χ1) is 7.46. The van der Waals surface area contributed by atoms with Gasteiger partial charge in [-0.25, -0.2) is 0 Å². The van der Waals surface area contributed by atoms with Crippen molar-refractivity contribution in [1.82, 2.24) is 0 Å². The molecule has 0 fully saturated rings. The van der Waals surface area contributed by atoms with Crippen LogP contribution in [0.25, 0.3) is 0 Å². The summed E-state index contributed by atoms with van der Waals surface area (Å²) in [5.41, 5.74) is 0.404. The molecule has 1 aromatic rings. The minimum atomic E-state index is -2.53. The van der Waals surface area contributed by atoms with Gasteiger partial charge in [-0.2, -0.15) is 0 Å². The highest BCUT2D eigenvalue weighted by Gasteiger charge is 2.03. The largest absolute Gasteiger partial charge is 0.493 e. The number of carbonyl (C=O) groups is 1. The van der Waals surface area contributed by atoms with Crippen molar-refractivity contribution in [2.45, 2.75) is 6.92 Å². The van der Waals surface area contributed by atoms with Gasteiger partial charge in [0, 0.05) is 5.56 Å². The summed E-state index contributed by atoms with van der Waals surface area (Å²) >= 11 is 0. The van der Waals surface area contributed by atoms with Crippen molar-refractivity contribution in [1.29, 1.82) is 0 Å². The van der Waals surface area contributed by atoms with Crippen molar-refractivity contribution < 1.29 is 18.4 Å². The number of hydrogen-bond acceptors (Lipinski definition) is 3. The van der Waals surface area contributed by atoms with E-state index in [4.69, 9.17) is 13.6 Å². The molecule has 0 amide bonds. The summed E-state index contributed by atoms with van der Waals surface area (Å²) in [7, 11) is -2.53. The summed E-state index contributed by atoms with van der Waals surface area (Å²) in [6.45, 7) is 2.12. The van der Waals surface area contributed by atoms with Gasteiger partial charge >= 0.3 is 0 Å². The zero-order valence-corrected chi connectivity index (χ0v) is 7.24. The van der Waals surface area contributed by atoms with Gasteiger partial charge in [0.15, 0.2) is 11.5 Å². The molecule has 0 atom stereocenters. The van der Waals surface area contributed by atoms with E-state index in [0.29, 0.717) is 18.5 Å². The smallest absolute Gasteiger partial charge is 0.161 e. The van der Waals surface area contributed by atoms with E-state index in [1.54, 1.807) is 6.92 Å². The molecule has 0 heterocycles. The molecule has 0 aliphatic rings. The van der Waals surface area contributed by atoms with Crippen LogP contribution in [0.15, 0.2) is 18.2 Å². The summed E-state index contributed by atoms with van der Waals surface area (Å²) in [6, 6.07) is 4.31. The first-order valence-corrected chi connectivity index (χ1v) is 3.87. The molecule has 0 saturated heterocycles. The van der Waals surface area contributed by atoms with Crippen LogP contribution in [0.1, 0.15) is 21.4 Å². The lowest BCUT2D eigenvalue weighted by Gasteiger charge is -2.08. The van der Waals surface area contributed by atoms with Gasteiger partial charge in [0.1, 0.15) is 6.29 Å². The summed E-state index contributed by atoms with van der Waals surface area (Å²) in [6.07, 6.45) is 0.654. The van der Waals surface area contributed by atoms with E-state index in [1.807, 2.05) is 0 Å². The number of benzene rings is 1. The fraction of sp³-hybridized carbons (Fsp3) is 0.300. The van der Waals surface area contributed by atoms with Crippen molar-refractivity contribution in [3.63, 3.8) is 0 Å². The summed E-state index contributed by atoms with van der Waals surface area (Å²) in [5.74, 6) is 0.357. The molecule has 1 rings (SSSR count). The molecule has 0 aliphatic carbocycles. The number of carbonyl (C=O) groups excluding carboxylic acids is 1. The second-order valence-corrected chi connectivity index (χ2v) is 2.36. The van der Waals surface area contributed by atoms with Crippen LogP contribution >= 0.6 is 0 Å². The molecular formula is C10H12O3. The normalized spacial score (nSPS) is 13.8. The molecule has 13 heavy (non-hydrogen) atoms. The predicted molar refractivity (Wildman–Crippen MR) is 49.6 cm³/mol. The summed E-state index contributed by atoms with van der Waals surface area (Å²) in [5, 5.41) is 0. The summed E-state index contributed by atoms with van der Waals surface area (Å²) < 4.78 is 30.9. The lowest BCUT2D eigenvalue weighted by molar-refractivity contribution is 0.112. The topological polar surface area (TPSA) is 35.5 Å². The molecule has 0 bridgehead atoms. The second-order valence-electron chi connectivity index (χ2n) is 2.36. The molecule has 70 valence electrons. The molecule has 1 aromatic carbocycles. The Hall–Kier alpha value is -1.51. The van der Waals surface area contributed by atoms with E-state index in [9.17, 15) is 4.79 Å². The van der Waals surface area contributed by atoms with Crippen LogP contribution in [0.2, 0.25) is 0 Å². The van der Waals surface area contributed by atoms with Gasteiger partial charge in [-0.3, -0.25) is 4.79 Å². The van der Waals surface area contributed by atoms with Crippen LogP contribution in [0.5, 0.6) is 11.5 Å². The predicted octanol–water partition coefficient (Wildman–Crippen LogP) is 1.91. The minimum Gasteiger partial charge on any atom is -0.493 e. The van der Waals surface area contributed by atoms with Crippen molar-refractivity contribution in [2.24, 2.45) is 0 Å². The molecule has 0 spiro atoms. The zero-order chi connectivity index (χ0) is 12.2. The van der Waals surface area contributed by atoms with Gasteiger partial charge < -0.3 is 9.47 Å². The van der Waals surface area contributed by atoms with Crippen molar-refractivity contribution in [3.8, 4) is 11.5 Å². The van der Waals surface area contributed by atoms with Gasteiger partial charge in [-0.15, -0.1) is 0 Å². The fourth-order valence-corrected chi connectivity index (χ4v) is 0.951. The number of rotatable bonds is 4. The third-order valence-electron chi connectivity index (χ3n) is 1.51. The quantitative estimate of drug-likeness (QED) is 0.669. The molecule has 0 aromatic heterocycles. The van der Waals surface area contributed by atoms with Crippen molar-refractivity contribution in [3.05, 3.63) is 23.8 Å². The second kappa shape index (κ2) is 4.50. The molecule has 3 nitrogen and oxygen atoms in total. The number of ether oxygens (including phenoxy) is 2. The lowest BCUT2D eigenvalue weighted by atomic mass is 10.2. The Morgan fingerprint density at radius 3 is 3.00 bits per heavy atom. The Kier molecular flexibility index (Phi) is 2.08. The lowest BCUT2D eigenvalue weighted by Crippen LogP contribution is -1.96. The van der Waals surface area contributed by atoms with Crippen LogP contribution in [-0.4, -0.2) is 19.9 Å². The van der Waals surface area contributed by atoms with Crippen molar-refractivity contribution in [2.75, 3.05) is 13.6 Å². The highest BCUT2D eigenvalue weighted by Crippen LogP contribution is 2.27. The third-order valence-corrected chi connectivity index (χ3v) is 1.51. The van der Waals surface area contributed by atoms with Crippen molar-refractivity contribution >= 4 is 6.29 Å². The third kappa shape index (κ3) is 2.21. The Labute approximate surface area is 81.5 Å². The standard InChI is InChI=1S/C10H12O3/c1-3-13-10-6-8(7-11)4-5-9(10)12-2/h4-7H,3H2,1-2H3/i2D3. The highest BCUT2D eigenvalue weighted by molar-refractivity contribution is 5.76. The van der Waals surface area contributed by atoms with Gasteiger partial charge in [0.05, 0.1) is 17.8 Å². The Balaban J connectivity index is 3.02. The summed E-state index contributed by atoms with van der Waals surface area (Å²) in [4.78, 5) is 10.6. The average Bonchev–Trinajstić information content (AvgIpc) is 2.19. The van der Waals surface area contributed by atoms with Crippen LogP contribution in [0.4, 0.5) is 0 Å². The van der Waals surface area contributed by atoms with Crippen LogP contribution in [0.3, 0.4) is 0 Å². The zero-order valence-electron chi connectivity index (χ0n) is 10.2. The SMILES string of the molecule is [2H]C([2H])([2H])Oc1ccc(C=O)cc1OCC. The van der Waals surface area contributed by atoms with Crippen LogP contribution in [0, 0.1) is 0 Å². The molecule has 0 radical (unpaired) electrons. The molecular weight excluding hydrogens is 168 g/mol. The number of hydrogen-bond donors (Lipinski definition) is 0. The van der Waals surface area contributed by atoms with Gasteiger partial charge in [0.2, 0.25) is 0 Å². The molecule has 0 aliphatic heterocycles. The van der Waals surface area contributed by atoms with Gasteiger partial charge in [-0.05, 0) is 25.1 Å². The molecule has 0 N–H and O–H groups in total. The number of methoxy groups -OCH3 is 1. The molecule has 3 heteroatoms. The first-order valence-electron chi connectivity index (χ1n) is 5.37. The maximum atomic E-state index is 10.6. The average molecular weight is 183 g/mol.